The molecule has 132 valence electrons. The van der Waals surface area contributed by atoms with E-state index in [2.05, 4.69) is 20.3 Å². The van der Waals surface area contributed by atoms with Crippen molar-refractivity contribution in [2.24, 2.45) is 0 Å². The number of fused-ring (bicyclic) bond motifs is 1. The number of nitrogens with one attached hydrogen (secondary N) is 2. The van der Waals surface area contributed by atoms with E-state index in [1.165, 1.54) is 17.5 Å². The number of pyridine rings is 1. The molecule has 3 aromatic heterocycles. The molecule has 1 amide bonds. The molecule has 0 atom stereocenters. The summed E-state index contributed by atoms with van der Waals surface area (Å²) in [5.74, 6) is 0.729. The molecule has 3 heterocycles. The van der Waals surface area contributed by atoms with E-state index in [1.807, 2.05) is 13.8 Å². The number of aryl methyl sites for hydroxylation is 3. The minimum atomic E-state index is -0.178. The van der Waals surface area contributed by atoms with Crippen LogP contribution in [0.1, 0.15) is 22.7 Å². The zero-order valence-electron chi connectivity index (χ0n) is 13.8. The maximum atomic E-state index is 12.2. The highest BCUT2D eigenvalue weighted by Crippen LogP contribution is 2.25. The Morgan fingerprint density at radius 2 is 2.12 bits per heavy atom. The van der Waals surface area contributed by atoms with Crippen molar-refractivity contribution in [1.82, 2.24) is 15.0 Å². The molecule has 0 unspecified atom stereocenters. The van der Waals surface area contributed by atoms with E-state index in [1.54, 1.807) is 12.1 Å². The molecule has 0 aliphatic rings. The second kappa shape index (κ2) is 7.62. The summed E-state index contributed by atoms with van der Waals surface area (Å²) >= 11 is 1.49. The first-order chi connectivity index (χ1) is 11.4. The molecule has 0 aliphatic heterocycles. The Morgan fingerprint density at radius 3 is 2.80 bits per heavy atom. The van der Waals surface area contributed by atoms with Gasteiger partial charge in [-0.15, -0.1) is 23.7 Å². The lowest BCUT2D eigenvalue weighted by atomic mass is 10.2. The van der Waals surface area contributed by atoms with Gasteiger partial charge in [0.2, 0.25) is 5.91 Å². The van der Waals surface area contributed by atoms with Crippen LogP contribution in [0.15, 0.2) is 23.1 Å². The molecule has 25 heavy (non-hydrogen) atoms. The molecule has 0 fully saturated rings. The number of thiophene rings is 1. The van der Waals surface area contributed by atoms with Crippen LogP contribution in [0.2, 0.25) is 0 Å². The van der Waals surface area contributed by atoms with Gasteiger partial charge in [-0.05, 0) is 31.5 Å². The number of aromatic nitrogens is 3. The minimum Gasteiger partial charge on any atom is -0.384 e. The Labute approximate surface area is 154 Å². The van der Waals surface area contributed by atoms with Gasteiger partial charge in [0.25, 0.3) is 5.56 Å². The second-order valence-electron chi connectivity index (χ2n) is 5.50. The highest BCUT2D eigenvalue weighted by atomic mass is 35.5. The van der Waals surface area contributed by atoms with Gasteiger partial charge >= 0.3 is 0 Å². The maximum Gasteiger partial charge on any atom is 0.259 e. The third-order valence-electron chi connectivity index (χ3n) is 3.75. The summed E-state index contributed by atoms with van der Waals surface area (Å²) in [5, 5.41) is 3.37. The van der Waals surface area contributed by atoms with Gasteiger partial charge in [-0.3, -0.25) is 9.59 Å². The predicted octanol–water partition coefficient (Wildman–Crippen LogP) is 2.57. The highest BCUT2D eigenvalue weighted by Gasteiger charge is 2.12. The van der Waals surface area contributed by atoms with E-state index in [0.29, 0.717) is 34.0 Å². The fourth-order valence-corrected chi connectivity index (χ4v) is 3.40. The van der Waals surface area contributed by atoms with Crippen molar-refractivity contribution in [3.8, 4) is 0 Å². The molecule has 0 aromatic carbocycles. The van der Waals surface area contributed by atoms with Gasteiger partial charge < -0.3 is 16.0 Å². The standard InChI is InChI=1S/C16H17N5O2S.ClH/c1-8-9(2)24-16-14(8)15(23)20-12(21-16)5-6-13(22)19-10-3-4-11(17)18-7-10;/h3-4,7H,5-6H2,1-2H3,(H2,17,18)(H,19,22)(H,20,21,23);1H. The number of carbonyl (C=O) groups excluding carboxylic acids is 1. The summed E-state index contributed by atoms with van der Waals surface area (Å²) < 4.78 is 0. The Balaban J connectivity index is 0.00000225. The second-order valence-corrected chi connectivity index (χ2v) is 6.70. The van der Waals surface area contributed by atoms with Gasteiger partial charge in [0.05, 0.1) is 17.3 Å². The molecule has 0 bridgehead atoms. The molecule has 0 saturated heterocycles. The number of hydrogen-bond donors (Lipinski definition) is 3. The summed E-state index contributed by atoms with van der Waals surface area (Å²) in [6.07, 6.45) is 2.06. The predicted molar refractivity (Wildman–Crippen MR) is 103 cm³/mol. The van der Waals surface area contributed by atoms with Crippen LogP contribution < -0.4 is 16.6 Å². The number of rotatable bonds is 4. The third-order valence-corrected chi connectivity index (χ3v) is 4.85. The minimum absolute atomic E-state index is 0. The topological polar surface area (TPSA) is 114 Å². The number of hydrogen-bond acceptors (Lipinski definition) is 6. The summed E-state index contributed by atoms with van der Waals surface area (Å²) in [7, 11) is 0. The molecule has 0 aliphatic carbocycles. The Hall–Kier alpha value is -2.45. The molecule has 3 rings (SSSR count). The molecular formula is C16H18ClN5O2S. The zero-order valence-corrected chi connectivity index (χ0v) is 15.4. The van der Waals surface area contributed by atoms with Gasteiger partial charge in [0.1, 0.15) is 16.5 Å². The lowest BCUT2D eigenvalue weighted by Gasteiger charge is -2.05. The number of carbonyl (C=O) groups is 1. The molecule has 0 radical (unpaired) electrons. The third kappa shape index (κ3) is 4.15. The molecule has 0 spiro atoms. The van der Waals surface area contributed by atoms with E-state index in [9.17, 15) is 9.59 Å². The number of halogens is 1. The van der Waals surface area contributed by atoms with Crippen molar-refractivity contribution < 1.29 is 4.79 Å². The lowest BCUT2D eigenvalue weighted by Crippen LogP contribution is -2.16. The van der Waals surface area contributed by atoms with Crippen LogP contribution in [0, 0.1) is 13.8 Å². The number of aromatic amines is 1. The molecule has 0 saturated carbocycles. The highest BCUT2D eigenvalue weighted by molar-refractivity contribution is 7.18. The SMILES string of the molecule is Cc1sc2nc(CCC(=O)Nc3ccc(N)nc3)[nH]c(=O)c2c1C.Cl. The van der Waals surface area contributed by atoms with E-state index in [4.69, 9.17) is 5.73 Å². The molecular weight excluding hydrogens is 362 g/mol. The van der Waals surface area contributed by atoms with Crippen LogP contribution in [-0.2, 0) is 11.2 Å². The van der Waals surface area contributed by atoms with Crippen molar-refractivity contribution in [1.29, 1.82) is 0 Å². The van der Waals surface area contributed by atoms with E-state index < -0.39 is 0 Å². The Bertz CT molecular complexity index is 965. The number of H-pyrrole nitrogens is 1. The average Bonchev–Trinajstić information content (AvgIpc) is 2.82. The van der Waals surface area contributed by atoms with Crippen LogP contribution in [0.5, 0.6) is 0 Å². The summed E-state index contributed by atoms with van der Waals surface area (Å²) in [5.41, 5.74) is 6.89. The van der Waals surface area contributed by atoms with E-state index in [0.717, 1.165) is 10.4 Å². The van der Waals surface area contributed by atoms with Crippen molar-refractivity contribution >= 4 is 51.4 Å². The first kappa shape index (κ1) is 18.9. The van der Waals surface area contributed by atoms with Gasteiger partial charge in [0, 0.05) is 17.7 Å². The van der Waals surface area contributed by atoms with Crippen LogP contribution in [0.4, 0.5) is 11.5 Å². The lowest BCUT2D eigenvalue weighted by molar-refractivity contribution is -0.116. The van der Waals surface area contributed by atoms with Crippen molar-refractivity contribution in [3.63, 3.8) is 0 Å². The van der Waals surface area contributed by atoms with Gasteiger partial charge in [-0.2, -0.15) is 0 Å². The maximum absolute atomic E-state index is 12.2. The smallest absolute Gasteiger partial charge is 0.259 e. The van der Waals surface area contributed by atoms with Gasteiger partial charge in [-0.25, -0.2) is 9.97 Å². The monoisotopic (exact) mass is 379 g/mol. The summed E-state index contributed by atoms with van der Waals surface area (Å²) in [4.78, 5) is 37.1. The summed E-state index contributed by atoms with van der Waals surface area (Å²) in [6.45, 7) is 3.88. The largest absolute Gasteiger partial charge is 0.384 e. The average molecular weight is 380 g/mol. The number of nitrogens with zero attached hydrogens (tertiary/aromatic N) is 2. The Morgan fingerprint density at radius 1 is 1.36 bits per heavy atom. The first-order valence-corrected chi connectivity index (χ1v) is 8.26. The van der Waals surface area contributed by atoms with E-state index in [-0.39, 0.29) is 30.3 Å². The number of amides is 1. The first-order valence-electron chi connectivity index (χ1n) is 7.44. The quantitative estimate of drug-likeness (QED) is 0.644. The van der Waals surface area contributed by atoms with Crippen molar-refractivity contribution in [2.45, 2.75) is 26.7 Å². The Kier molecular flexibility index (Phi) is 5.76. The van der Waals surface area contributed by atoms with Crippen molar-refractivity contribution in [3.05, 3.63) is 44.9 Å². The zero-order chi connectivity index (χ0) is 17.3. The van der Waals surface area contributed by atoms with Gasteiger partial charge in [0.15, 0.2) is 0 Å². The van der Waals surface area contributed by atoms with Crippen molar-refractivity contribution in [2.75, 3.05) is 11.1 Å². The molecule has 9 heteroatoms. The summed E-state index contributed by atoms with van der Waals surface area (Å²) in [6, 6.07) is 3.30. The van der Waals surface area contributed by atoms with Crippen LogP contribution in [0.3, 0.4) is 0 Å². The molecule has 4 N–H and O–H groups in total. The van der Waals surface area contributed by atoms with Crippen LogP contribution in [0.25, 0.3) is 10.2 Å². The fourth-order valence-electron chi connectivity index (χ4n) is 2.35. The van der Waals surface area contributed by atoms with Gasteiger partial charge in [-0.1, -0.05) is 0 Å². The fraction of sp³-hybridized carbons (Fsp3) is 0.250. The number of nitrogens with two attached hydrogens (primary N) is 1. The van der Waals surface area contributed by atoms with Crippen LogP contribution in [-0.4, -0.2) is 20.9 Å². The molecule has 3 aromatic rings. The van der Waals surface area contributed by atoms with E-state index >= 15 is 0 Å². The number of nitrogen functional groups attached to an aromatic ring is 1. The number of anilines is 2. The normalized spacial score (nSPS) is 10.5. The molecule has 7 nitrogen and oxygen atoms in total. The van der Waals surface area contributed by atoms with Crippen LogP contribution >= 0.6 is 23.7 Å².